The van der Waals surface area contributed by atoms with E-state index in [1.807, 2.05) is 0 Å². The Balaban J connectivity index is 1.40. The van der Waals surface area contributed by atoms with Gasteiger partial charge in [0.1, 0.15) is 0 Å². The van der Waals surface area contributed by atoms with Crippen LogP contribution in [0.25, 0.3) is 0 Å². The molecule has 2 saturated carbocycles. The molecule has 1 heterocycles. The Labute approximate surface area is 118 Å². The molecule has 1 aliphatic heterocycles. The van der Waals surface area contributed by atoms with E-state index in [4.69, 9.17) is 0 Å². The lowest BCUT2D eigenvalue weighted by Crippen LogP contribution is -2.58. The largest absolute Gasteiger partial charge is 0.314 e. The quantitative estimate of drug-likeness (QED) is 0.792. The first-order valence-corrected chi connectivity index (χ1v) is 8.49. The molecule has 2 aliphatic carbocycles. The number of nitrogens with one attached hydrogen (secondary N) is 1. The van der Waals surface area contributed by atoms with Gasteiger partial charge in [0.2, 0.25) is 0 Å². The highest BCUT2D eigenvalue weighted by Crippen LogP contribution is 2.33. The Hall–Kier alpha value is -0.120. The van der Waals surface area contributed by atoms with Crippen LogP contribution in [0, 0.1) is 5.92 Å². The van der Waals surface area contributed by atoms with Gasteiger partial charge in [-0.15, -0.1) is 0 Å². The van der Waals surface area contributed by atoms with Gasteiger partial charge < -0.3 is 5.32 Å². The molecule has 3 atom stereocenters. The van der Waals surface area contributed by atoms with Crippen molar-refractivity contribution in [3.05, 3.63) is 0 Å². The third-order valence-corrected chi connectivity index (χ3v) is 5.66. The molecular weight excluding hydrogens is 234 g/mol. The number of hydrogen-bond acceptors (Lipinski definition) is 3. The maximum Gasteiger partial charge on any atom is 0.0137 e. The van der Waals surface area contributed by atoms with Gasteiger partial charge in [-0.05, 0) is 51.5 Å². The molecule has 3 aliphatic rings. The third kappa shape index (κ3) is 3.32. The van der Waals surface area contributed by atoms with Crippen LogP contribution in [0.3, 0.4) is 0 Å². The Bertz CT molecular complexity index is 282. The van der Waals surface area contributed by atoms with Gasteiger partial charge in [0.05, 0.1) is 0 Å². The van der Waals surface area contributed by atoms with Gasteiger partial charge in [0, 0.05) is 44.3 Å². The summed E-state index contributed by atoms with van der Waals surface area (Å²) in [5.74, 6) is 0.941. The standard InChI is InChI=1S/C16H31N3/c1-3-13(2)18-8-10-19(11-9-18)16-7-4-14(16)12-17-15-5-6-15/h13-17H,3-12H2,1-2H3. The Kier molecular flexibility index (Phi) is 4.45. The first-order valence-electron chi connectivity index (χ1n) is 8.49. The Morgan fingerprint density at radius 1 is 1.05 bits per heavy atom. The van der Waals surface area contributed by atoms with E-state index >= 15 is 0 Å². The van der Waals surface area contributed by atoms with Crippen LogP contribution in [-0.4, -0.2) is 60.6 Å². The van der Waals surface area contributed by atoms with Crippen LogP contribution in [0.4, 0.5) is 0 Å². The van der Waals surface area contributed by atoms with Crippen LogP contribution in [-0.2, 0) is 0 Å². The summed E-state index contributed by atoms with van der Waals surface area (Å²) in [6.07, 6.45) is 7.03. The monoisotopic (exact) mass is 265 g/mol. The lowest BCUT2D eigenvalue weighted by atomic mass is 9.78. The molecule has 1 N–H and O–H groups in total. The fourth-order valence-electron chi connectivity index (χ4n) is 3.64. The van der Waals surface area contributed by atoms with Crippen molar-refractivity contribution in [3.8, 4) is 0 Å². The van der Waals surface area contributed by atoms with Crippen molar-refractivity contribution < 1.29 is 0 Å². The Morgan fingerprint density at radius 2 is 1.79 bits per heavy atom. The van der Waals surface area contributed by atoms with Gasteiger partial charge in [-0.2, -0.15) is 0 Å². The molecule has 3 unspecified atom stereocenters. The average Bonchev–Trinajstić information content (AvgIpc) is 3.22. The van der Waals surface area contributed by atoms with E-state index in [2.05, 4.69) is 29.0 Å². The molecule has 0 spiro atoms. The molecule has 0 amide bonds. The average molecular weight is 265 g/mol. The topological polar surface area (TPSA) is 18.5 Å². The minimum Gasteiger partial charge on any atom is -0.314 e. The molecule has 0 radical (unpaired) electrons. The van der Waals surface area contributed by atoms with Gasteiger partial charge in [-0.25, -0.2) is 0 Å². The summed E-state index contributed by atoms with van der Waals surface area (Å²) in [6.45, 7) is 11.1. The first-order chi connectivity index (χ1) is 9.28. The molecule has 0 aromatic carbocycles. The summed E-state index contributed by atoms with van der Waals surface area (Å²) < 4.78 is 0. The van der Waals surface area contributed by atoms with E-state index in [0.29, 0.717) is 0 Å². The molecule has 110 valence electrons. The van der Waals surface area contributed by atoms with Gasteiger partial charge in [0.15, 0.2) is 0 Å². The van der Waals surface area contributed by atoms with Crippen molar-refractivity contribution in [1.82, 2.24) is 15.1 Å². The highest BCUT2D eigenvalue weighted by atomic mass is 15.3. The second-order valence-electron chi connectivity index (χ2n) is 6.92. The number of hydrogen-bond donors (Lipinski definition) is 1. The van der Waals surface area contributed by atoms with Gasteiger partial charge in [0.25, 0.3) is 0 Å². The zero-order valence-electron chi connectivity index (χ0n) is 12.8. The van der Waals surface area contributed by atoms with E-state index in [9.17, 15) is 0 Å². The van der Waals surface area contributed by atoms with E-state index in [1.165, 1.54) is 64.8 Å². The molecule has 3 fully saturated rings. The van der Waals surface area contributed by atoms with Crippen LogP contribution < -0.4 is 5.32 Å². The molecule has 3 rings (SSSR count). The molecule has 3 nitrogen and oxygen atoms in total. The number of nitrogens with zero attached hydrogens (tertiary/aromatic N) is 2. The highest BCUT2D eigenvalue weighted by molar-refractivity contribution is 4.94. The van der Waals surface area contributed by atoms with Crippen molar-refractivity contribution in [2.24, 2.45) is 5.92 Å². The third-order valence-electron chi connectivity index (χ3n) is 5.66. The summed E-state index contributed by atoms with van der Waals surface area (Å²) >= 11 is 0. The van der Waals surface area contributed by atoms with Crippen LogP contribution in [0.2, 0.25) is 0 Å². The predicted molar refractivity (Wildman–Crippen MR) is 80.4 cm³/mol. The lowest BCUT2D eigenvalue weighted by Gasteiger charge is -2.48. The van der Waals surface area contributed by atoms with Crippen molar-refractivity contribution in [3.63, 3.8) is 0 Å². The maximum atomic E-state index is 3.73. The molecule has 1 saturated heterocycles. The zero-order chi connectivity index (χ0) is 13.2. The molecular formula is C16H31N3. The van der Waals surface area contributed by atoms with Crippen molar-refractivity contribution in [2.75, 3.05) is 32.7 Å². The second-order valence-corrected chi connectivity index (χ2v) is 6.92. The second kappa shape index (κ2) is 6.11. The molecule has 0 bridgehead atoms. The van der Waals surface area contributed by atoms with Gasteiger partial charge in [-0.3, -0.25) is 9.80 Å². The van der Waals surface area contributed by atoms with Crippen LogP contribution in [0.5, 0.6) is 0 Å². The van der Waals surface area contributed by atoms with Crippen molar-refractivity contribution >= 4 is 0 Å². The first kappa shape index (κ1) is 13.8. The summed E-state index contributed by atoms with van der Waals surface area (Å²) in [7, 11) is 0. The SMILES string of the molecule is CCC(C)N1CCN(C2CCC2CNC2CC2)CC1. The predicted octanol–water partition coefficient (Wildman–Crippen LogP) is 1.93. The van der Waals surface area contributed by atoms with Crippen LogP contribution in [0.15, 0.2) is 0 Å². The molecule has 3 heteroatoms. The smallest absolute Gasteiger partial charge is 0.0137 e. The molecule has 0 aromatic heterocycles. The van der Waals surface area contributed by atoms with Gasteiger partial charge in [-0.1, -0.05) is 6.92 Å². The minimum atomic E-state index is 0.774. The fourth-order valence-corrected chi connectivity index (χ4v) is 3.64. The van der Waals surface area contributed by atoms with Crippen molar-refractivity contribution in [2.45, 2.75) is 64.1 Å². The highest BCUT2D eigenvalue weighted by Gasteiger charge is 2.37. The van der Waals surface area contributed by atoms with E-state index in [1.54, 1.807) is 0 Å². The molecule has 0 aromatic rings. The fraction of sp³-hybridized carbons (Fsp3) is 1.00. The summed E-state index contributed by atoms with van der Waals surface area (Å²) in [4.78, 5) is 5.45. The van der Waals surface area contributed by atoms with E-state index in [-0.39, 0.29) is 0 Å². The molecule has 19 heavy (non-hydrogen) atoms. The van der Waals surface area contributed by atoms with E-state index < -0.39 is 0 Å². The zero-order valence-corrected chi connectivity index (χ0v) is 12.8. The summed E-state index contributed by atoms with van der Waals surface area (Å²) in [6, 6.07) is 2.55. The maximum absolute atomic E-state index is 3.73. The summed E-state index contributed by atoms with van der Waals surface area (Å²) in [5, 5.41) is 3.73. The van der Waals surface area contributed by atoms with Gasteiger partial charge >= 0.3 is 0 Å². The number of rotatable bonds is 6. The normalized spacial score (nSPS) is 35.1. The van der Waals surface area contributed by atoms with E-state index in [0.717, 1.165) is 24.0 Å². The van der Waals surface area contributed by atoms with Crippen LogP contribution >= 0.6 is 0 Å². The Morgan fingerprint density at radius 3 is 2.32 bits per heavy atom. The minimum absolute atomic E-state index is 0.774. The lowest BCUT2D eigenvalue weighted by molar-refractivity contribution is 0.0109. The number of piperazine rings is 1. The van der Waals surface area contributed by atoms with Crippen molar-refractivity contribution in [1.29, 1.82) is 0 Å². The summed E-state index contributed by atoms with van der Waals surface area (Å²) in [5.41, 5.74) is 0. The van der Waals surface area contributed by atoms with Crippen LogP contribution in [0.1, 0.15) is 46.0 Å².